The number of aryl methyl sites for hydroxylation is 1. The maximum atomic E-state index is 11.8. The van der Waals surface area contributed by atoms with Crippen molar-refractivity contribution in [1.29, 1.82) is 0 Å². The number of nitrogens with zero attached hydrogens (tertiary/aromatic N) is 2. The van der Waals surface area contributed by atoms with Crippen LogP contribution in [-0.2, 0) is 11.2 Å². The Morgan fingerprint density at radius 2 is 2.12 bits per heavy atom. The van der Waals surface area contributed by atoms with Gasteiger partial charge in [0.1, 0.15) is 0 Å². The first-order valence-corrected chi connectivity index (χ1v) is 9.53. The number of amides is 1. The molecule has 1 aromatic rings. The molecule has 1 saturated heterocycles. The predicted octanol–water partition coefficient (Wildman–Crippen LogP) is 2.43. The molecule has 0 unspecified atom stereocenters. The molecule has 138 valence electrons. The molecule has 0 spiro atoms. The molecule has 3 rings (SSSR count). The van der Waals surface area contributed by atoms with Crippen molar-refractivity contribution in [1.82, 2.24) is 15.2 Å². The normalized spacial score (nSPS) is 23.3. The van der Waals surface area contributed by atoms with Crippen LogP contribution >= 0.6 is 0 Å². The topological polar surface area (TPSA) is 54.5 Å². The van der Waals surface area contributed by atoms with Gasteiger partial charge in [0, 0.05) is 25.9 Å². The van der Waals surface area contributed by atoms with Crippen LogP contribution in [0, 0.1) is 24.7 Å². The molecular weight excluding hydrogens is 314 g/mol. The summed E-state index contributed by atoms with van der Waals surface area (Å²) in [5, 5.41) is 3.45. The van der Waals surface area contributed by atoms with Crippen LogP contribution in [0.3, 0.4) is 0 Å². The van der Waals surface area contributed by atoms with Crippen LogP contribution in [-0.4, -0.2) is 49.6 Å². The zero-order chi connectivity index (χ0) is 17.8. The quantitative estimate of drug-likeness (QED) is 0.825. The predicted molar refractivity (Wildman–Crippen MR) is 98.7 cm³/mol. The van der Waals surface area contributed by atoms with Gasteiger partial charge in [0.25, 0.3) is 0 Å². The van der Waals surface area contributed by atoms with Crippen molar-refractivity contribution >= 4 is 5.91 Å². The smallest absolute Gasteiger partial charge is 0.226 e. The van der Waals surface area contributed by atoms with E-state index in [4.69, 9.17) is 4.74 Å². The Hall–Kier alpha value is -1.62. The van der Waals surface area contributed by atoms with Gasteiger partial charge >= 0.3 is 0 Å². The van der Waals surface area contributed by atoms with Gasteiger partial charge in [-0.2, -0.15) is 0 Å². The number of pyridine rings is 1. The third-order valence-electron chi connectivity index (χ3n) is 5.64. The van der Waals surface area contributed by atoms with E-state index in [1.54, 1.807) is 25.2 Å². The molecule has 1 saturated carbocycles. The minimum atomic E-state index is 0.0903. The lowest BCUT2D eigenvalue weighted by Gasteiger charge is -2.22. The molecule has 2 heterocycles. The number of piperidine rings is 1. The monoisotopic (exact) mass is 345 g/mol. The highest BCUT2D eigenvalue weighted by Gasteiger charge is 2.42. The van der Waals surface area contributed by atoms with Crippen LogP contribution in [0.2, 0.25) is 0 Å². The van der Waals surface area contributed by atoms with E-state index in [9.17, 15) is 4.79 Å². The zero-order valence-electron chi connectivity index (χ0n) is 15.8. The van der Waals surface area contributed by atoms with E-state index in [1.165, 1.54) is 32.4 Å². The maximum Gasteiger partial charge on any atom is 0.226 e. The molecule has 2 fully saturated rings. The molecule has 1 aliphatic carbocycles. The highest BCUT2D eigenvalue weighted by atomic mass is 16.5. The van der Waals surface area contributed by atoms with Crippen LogP contribution in [0.25, 0.3) is 0 Å². The fraction of sp³-hybridized carbons (Fsp3) is 0.700. The molecule has 2 atom stereocenters. The molecule has 0 bridgehead atoms. The van der Waals surface area contributed by atoms with Crippen molar-refractivity contribution in [2.75, 3.05) is 33.8 Å². The largest absolute Gasteiger partial charge is 0.477 e. The number of aromatic nitrogens is 1. The Labute approximate surface area is 151 Å². The van der Waals surface area contributed by atoms with Gasteiger partial charge in [0.2, 0.25) is 11.8 Å². The average Bonchev–Trinajstić information content (AvgIpc) is 3.37. The number of nitrogens with one attached hydrogen (secondary N) is 1. The van der Waals surface area contributed by atoms with E-state index in [-0.39, 0.29) is 5.91 Å². The molecule has 0 radical (unpaired) electrons. The fourth-order valence-electron chi connectivity index (χ4n) is 3.96. The Kier molecular flexibility index (Phi) is 5.94. The van der Waals surface area contributed by atoms with Crippen LogP contribution in [0.4, 0.5) is 0 Å². The van der Waals surface area contributed by atoms with E-state index in [1.807, 2.05) is 13.0 Å². The average molecular weight is 345 g/mol. The first kappa shape index (κ1) is 18.2. The van der Waals surface area contributed by atoms with Crippen LogP contribution in [0.5, 0.6) is 5.88 Å². The van der Waals surface area contributed by atoms with Gasteiger partial charge in [-0.15, -0.1) is 0 Å². The van der Waals surface area contributed by atoms with Gasteiger partial charge in [-0.25, -0.2) is 4.98 Å². The van der Waals surface area contributed by atoms with Crippen molar-refractivity contribution in [2.45, 2.75) is 39.0 Å². The van der Waals surface area contributed by atoms with E-state index in [0.29, 0.717) is 12.3 Å². The summed E-state index contributed by atoms with van der Waals surface area (Å²) in [7, 11) is 3.55. The summed E-state index contributed by atoms with van der Waals surface area (Å²) in [6.07, 6.45) is 7.36. The Morgan fingerprint density at radius 1 is 1.36 bits per heavy atom. The summed E-state index contributed by atoms with van der Waals surface area (Å²) in [5.74, 6) is 3.51. The summed E-state index contributed by atoms with van der Waals surface area (Å²) in [5.41, 5.74) is 1.95. The van der Waals surface area contributed by atoms with E-state index in [0.717, 1.165) is 41.9 Å². The minimum absolute atomic E-state index is 0.0903. The van der Waals surface area contributed by atoms with Crippen molar-refractivity contribution in [3.8, 4) is 5.88 Å². The lowest BCUT2D eigenvalue weighted by Crippen LogP contribution is -2.29. The molecule has 0 aromatic carbocycles. The molecule has 2 aliphatic rings. The molecular formula is C20H31N3O2. The lowest BCUT2D eigenvalue weighted by atomic mass is 9.91. The van der Waals surface area contributed by atoms with E-state index in [2.05, 4.69) is 10.3 Å². The summed E-state index contributed by atoms with van der Waals surface area (Å²) >= 11 is 0. The van der Waals surface area contributed by atoms with E-state index < -0.39 is 0 Å². The number of likely N-dealkylation sites (N-methyl/N-ethyl adjacent to an activating group) is 1. The van der Waals surface area contributed by atoms with Gasteiger partial charge < -0.3 is 15.0 Å². The third kappa shape index (κ3) is 4.94. The minimum Gasteiger partial charge on any atom is -0.477 e. The standard InChI is InChI=1S/C20H31N3O2/c1-14-10-15(11-19(24)23(2)3)13-22-20(14)25-9-6-17-12-18(17)16-4-7-21-8-5-16/h10,13,16-18,21H,4-9,11-12H2,1-3H3/t17-,18-/m1/s1. The summed E-state index contributed by atoms with van der Waals surface area (Å²) in [6, 6.07) is 2.01. The molecule has 5 heteroatoms. The van der Waals surface area contributed by atoms with Gasteiger partial charge in [-0.3, -0.25) is 4.79 Å². The number of rotatable bonds is 7. The Morgan fingerprint density at radius 3 is 2.80 bits per heavy atom. The summed E-state index contributed by atoms with van der Waals surface area (Å²) in [4.78, 5) is 17.8. The first-order valence-electron chi connectivity index (χ1n) is 9.53. The molecule has 1 N–H and O–H groups in total. The second-order valence-electron chi connectivity index (χ2n) is 7.81. The van der Waals surface area contributed by atoms with Crippen LogP contribution in [0.15, 0.2) is 12.3 Å². The van der Waals surface area contributed by atoms with Crippen LogP contribution in [0.1, 0.15) is 36.8 Å². The van der Waals surface area contributed by atoms with Gasteiger partial charge in [-0.1, -0.05) is 0 Å². The molecule has 1 amide bonds. The van der Waals surface area contributed by atoms with Crippen LogP contribution < -0.4 is 10.1 Å². The maximum absolute atomic E-state index is 11.8. The number of hydrogen-bond acceptors (Lipinski definition) is 4. The number of ether oxygens (including phenoxy) is 1. The molecule has 1 aliphatic heterocycles. The number of carbonyl (C=O) groups excluding carboxylic acids is 1. The fourth-order valence-corrected chi connectivity index (χ4v) is 3.96. The SMILES string of the molecule is Cc1cc(CC(=O)N(C)C)cnc1OCC[C@@H]1C[C@@H]1C1CCNCC1. The number of carbonyl (C=O) groups is 1. The van der Waals surface area contributed by atoms with Crippen molar-refractivity contribution in [3.05, 3.63) is 23.4 Å². The van der Waals surface area contributed by atoms with Crippen molar-refractivity contribution in [3.63, 3.8) is 0 Å². The molecule has 5 nitrogen and oxygen atoms in total. The second-order valence-corrected chi connectivity index (χ2v) is 7.81. The van der Waals surface area contributed by atoms with E-state index >= 15 is 0 Å². The Bertz CT molecular complexity index is 597. The second kappa shape index (κ2) is 8.17. The third-order valence-corrected chi connectivity index (χ3v) is 5.64. The summed E-state index contributed by atoms with van der Waals surface area (Å²) in [6.45, 7) is 5.13. The van der Waals surface area contributed by atoms with Gasteiger partial charge in [0.15, 0.2) is 0 Å². The van der Waals surface area contributed by atoms with Crippen molar-refractivity contribution < 1.29 is 9.53 Å². The number of hydrogen-bond donors (Lipinski definition) is 1. The first-order chi connectivity index (χ1) is 12.0. The molecule has 25 heavy (non-hydrogen) atoms. The van der Waals surface area contributed by atoms with Crippen molar-refractivity contribution in [2.24, 2.45) is 17.8 Å². The Balaban J connectivity index is 1.42. The highest BCUT2D eigenvalue weighted by Crippen LogP contribution is 2.49. The van der Waals surface area contributed by atoms with Gasteiger partial charge in [0.05, 0.1) is 13.0 Å². The summed E-state index contributed by atoms with van der Waals surface area (Å²) < 4.78 is 5.91. The zero-order valence-corrected chi connectivity index (χ0v) is 15.8. The molecule has 1 aromatic heterocycles. The highest BCUT2D eigenvalue weighted by molar-refractivity contribution is 5.78. The lowest BCUT2D eigenvalue weighted by molar-refractivity contribution is -0.127. The van der Waals surface area contributed by atoms with Gasteiger partial charge in [-0.05, 0) is 75.1 Å².